The second kappa shape index (κ2) is 9.71. The summed E-state index contributed by atoms with van der Waals surface area (Å²) < 4.78 is 0. The molecule has 4 nitrogen and oxygen atoms in total. The van der Waals surface area contributed by atoms with E-state index in [-0.39, 0.29) is 6.42 Å². The molecule has 0 aromatic heterocycles. The maximum atomic E-state index is 10.6. The van der Waals surface area contributed by atoms with Crippen molar-refractivity contribution in [3.05, 3.63) is 18.6 Å². The molecular weight excluding hydrogens is 232 g/mol. The molecule has 0 amide bonds. The summed E-state index contributed by atoms with van der Waals surface area (Å²) in [5, 5.41) is 10.6. The van der Waals surface area contributed by atoms with Crippen molar-refractivity contribution in [2.45, 2.75) is 50.5 Å². The highest BCUT2D eigenvalue weighted by molar-refractivity contribution is 5.52. The Morgan fingerprint density at radius 2 is 1.50 bits per heavy atom. The van der Waals surface area contributed by atoms with E-state index in [1.54, 1.807) is 6.08 Å². The van der Waals surface area contributed by atoms with E-state index in [0.29, 0.717) is 38.5 Å². The van der Waals surface area contributed by atoms with E-state index in [2.05, 4.69) is 6.58 Å². The zero-order valence-electron chi connectivity index (χ0n) is 10.6. The van der Waals surface area contributed by atoms with E-state index >= 15 is 0 Å². The number of aldehydes is 3. The van der Waals surface area contributed by atoms with Crippen LogP contribution < -0.4 is 0 Å². The Morgan fingerprint density at radius 3 is 1.89 bits per heavy atom. The van der Waals surface area contributed by atoms with Gasteiger partial charge in [0.25, 0.3) is 0 Å². The minimum atomic E-state index is -1.13. The van der Waals surface area contributed by atoms with Crippen LogP contribution >= 0.6 is 0 Å². The molecule has 0 saturated heterocycles. The molecule has 0 saturated carbocycles. The van der Waals surface area contributed by atoms with Gasteiger partial charge in [-0.1, -0.05) is 6.08 Å². The fraction of sp³-hybridized carbons (Fsp3) is 0.571. The third-order valence-electron chi connectivity index (χ3n) is 2.94. The first kappa shape index (κ1) is 16.7. The summed E-state index contributed by atoms with van der Waals surface area (Å²) in [6, 6.07) is 0. The molecule has 4 heteroatoms. The first-order valence-electron chi connectivity index (χ1n) is 6.14. The van der Waals surface area contributed by atoms with Gasteiger partial charge in [-0.05, 0) is 25.7 Å². The van der Waals surface area contributed by atoms with Crippen LogP contribution in [-0.4, -0.2) is 29.6 Å². The molecule has 0 aliphatic carbocycles. The van der Waals surface area contributed by atoms with Crippen molar-refractivity contribution in [1.29, 1.82) is 0 Å². The Bertz CT molecular complexity index is 263. The Morgan fingerprint density at radius 1 is 1.00 bits per heavy atom. The lowest BCUT2D eigenvalue weighted by Gasteiger charge is -2.34. The summed E-state index contributed by atoms with van der Waals surface area (Å²) in [5.41, 5.74) is -1.13. The van der Waals surface area contributed by atoms with Gasteiger partial charge in [0, 0.05) is 25.2 Å². The zero-order chi connectivity index (χ0) is 13.9. The van der Waals surface area contributed by atoms with Gasteiger partial charge >= 0.3 is 0 Å². The highest BCUT2D eigenvalue weighted by Gasteiger charge is 2.34. The number of aliphatic hydroxyl groups is 1. The molecule has 0 aliphatic heterocycles. The van der Waals surface area contributed by atoms with Crippen molar-refractivity contribution >= 4 is 18.9 Å². The smallest absolute Gasteiger partial charge is 0.120 e. The first-order valence-corrected chi connectivity index (χ1v) is 6.14. The minimum absolute atomic E-state index is 0.246. The van der Waals surface area contributed by atoms with Crippen molar-refractivity contribution in [3.63, 3.8) is 0 Å². The van der Waals surface area contributed by atoms with E-state index < -0.39 is 5.60 Å². The van der Waals surface area contributed by atoms with Crippen LogP contribution in [0.2, 0.25) is 0 Å². The van der Waals surface area contributed by atoms with Crippen LogP contribution in [0, 0.1) is 5.92 Å². The monoisotopic (exact) mass is 253 g/mol. The number of hydrogen-bond donors (Lipinski definition) is 1. The summed E-state index contributed by atoms with van der Waals surface area (Å²) in [6.45, 7) is 3.60. The maximum absolute atomic E-state index is 10.6. The molecule has 0 bridgehead atoms. The zero-order valence-corrected chi connectivity index (χ0v) is 10.6. The number of carbonyl (C=O) groups excluding carboxylic acids is 3. The second-order valence-corrected chi connectivity index (χ2v) is 4.24. The van der Waals surface area contributed by atoms with Gasteiger partial charge in [0.2, 0.25) is 0 Å². The van der Waals surface area contributed by atoms with Crippen LogP contribution in [0.1, 0.15) is 44.9 Å². The Labute approximate surface area is 108 Å². The van der Waals surface area contributed by atoms with Gasteiger partial charge in [0.05, 0.1) is 5.60 Å². The molecule has 0 spiro atoms. The van der Waals surface area contributed by atoms with Crippen molar-refractivity contribution in [2.24, 2.45) is 0 Å². The molecule has 0 rings (SSSR count). The highest BCUT2D eigenvalue weighted by Crippen LogP contribution is 2.35. The van der Waals surface area contributed by atoms with E-state index in [1.807, 2.05) is 0 Å². The lowest BCUT2D eigenvalue weighted by atomic mass is 9.76. The Kier molecular flexibility index (Phi) is 9.01. The fourth-order valence-corrected chi connectivity index (χ4v) is 2.02. The quantitative estimate of drug-likeness (QED) is 0.425. The highest BCUT2D eigenvalue weighted by atomic mass is 16.3. The van der Waals surface area contributed by atoms with Gasteiger partial charge < -0.3 is 19.5 Å². The number of hydrogen-bond acceptors (Lipinski definition) is 4. The Balaban J connectivity index is 4.77. The molecular formula is C14H21O4. The van der Waals surface area contributed by atoms with Crippen molar-refractivity contribution in [2.75, 3.05) is 0 Å². The van der Waals surface area contributed by atoms with Gasteiger partial charge in [0.1, 0.15) is 18.9 Å². The van der Waals surface area contributed by atoms with Crippen LogP contribution in [0.3, 0.4) is 0 Å². The molecule has 0 aliphatic rings. The van der Waals surface area contributed by atoms with Crippen LogP contribution in [-0.2, 0) is 14.4 Å². The summed E-state index contributed by atoms with van der Waals surface area (Å²) in [4.78, 5) is 31.3. The molecule has 18 heavy (non-hydrogen) atoms. The number of rotatable bonds is 12. The van der Waals surface area contributed by atoms with Crippen LogP contribution in [0.4, 0.5) is 0 Å². The predicted molar refractivity (Wildman–Crippen MR) is 68.9 cm³/mol. The van der Waals surface area contributed by atoms with Crippen LogP contribution in [0.25, 0.3) is 0 Å². The average molecular weight is 253 g/mol. The minimum Gasteiger partial charge on any atom is -0.389 e. The van der Waals surface area contributed by atoms with E-state index in [9.17, 15) is 19.5 Å². The Hall–Kier alpha value is -1.29. The first-order chi connectivity index (χ1) is 8.64. The standard InChI is InChI=1S/C14H21O4/c1-2-8-14(18,9-5-12-17)13(6-3-10-15)7-4-11-16/h2,10-12,18H,1,3-9H2. The third kappa shape index (κ3) is 5.87. The lowest BCUT2D eigenvalue weighted by Crippen LogP contribution is -2.36. The van der Waals surface area contributed by atoms with E-state index in [4.69, 9.17) is 0 Å². The van der Waals surface area contributed by atoms with Gasteiger partial charge in [0.15, 0.2) is 0 Å². The lowest BCUT2D eigenvalue weighted by molar-refractivity contribution is -0.110. The normalized spacial score (nSPS) is 13.9. The molecule has 1 unspecified atom stereocenters. The molecule has 1 N–H and O–H groups in total. The van der Waals surface area contributed by atoms with Crippen molar-refractivity contribution < 1.29 is 19.5 Å². The van der Waals surface area contributed by atoms with Gasteiger partial charge in [-0.2, -0.15) is 0 Å². The van der Waals surface area contributed by atoms with Gasteiger partial charge in [-0.3, -0.25) is 0 Å². The summed E-state index contributed by atoms with van der Waals surface area (Å²) in [7, 11) is 0. The van der Waals surface area contributed by atoms with Gasteiger partial charge in [-0.15, -0.1) is 6.58 Å². The maximum Gasteiger partial charge on any atom is 0.120 e. The summed E-state index contributed by atoms with van der Waals surface area (Å²) in [5.74, 6) is 0.753. The molecule has 101 valence electrons. The molecule has 1 radical (unpaired) electrons. The average Bonchev–Trinajstić information content (AvgIpc) is 2.37. The molecule has 0 fully saturated rings. The largest absolute Gasteiger partial charge is 0.389 e. The van der Waals surface area contributed by atoms with E-state index in [1.165, 1.54) is 0 Å². The molecule has 1 atom stereocenters. The predicted octanol–water partition coefficient (Wildman–Crippen LogP) is 1.81. The van der Waals surface area contributed by atoms with Crippen LogP contribution in [0.15, 0.2) is 12.7 Å². The molecule has 0 aromatic carbocycles. The number of carbonyl (C=O) groups is 3. The van der Waals surface area contributed by atoms with Gasteiger partial charge in [-0.25, -0.2) is 0 Å². The second-order valence-electron chi connectivity index (χ2n) is 4.24. The molecule has 0 heterocycles. The van der Waals surface area contributed by atoms with Crippen molar-refractivity contribution in [1.82, 2.24) is 0 Å². The summed E-state index contributed by atoms with van der Waals surface area (Å²) >= 11 is 0. The summed E-state index contributed by atoms with van der Waals surface area (Å²) in [6.07, 6.45) is 6.31. The van der Waals surface area contributed by atoms with E-state index in [0.717, 1.165) is 24.8 Å². The van der Waals surface area contributed by atoms with Crippen LogP contribution in [0.5, 0.6) is 0 Å². The van der Waals surface area contributed by atoms with Crippen molar-refractivity contribution in [3.8, 4) is 0 Å². The fourth-order valence-electron chi connectivity index (χ4n) is 2.02. The third-order valence-corrected chi connectivity index (χ3v) is 2.94. The topological polar surface area (TPSA) is 71.4 Å². The SMILES string of the molecule is C=CCC(O)(CCC=O)[C](CCC=O)CCC=O. The molecule has 0 aromatic rings.